The maximum atomic E-state index is 10.4. The van der Waals surface area contributed by atoms with Crippen molar-refractivity contribution in [3.8, 4) is 11.5 Å². The molecule has 74 heavy (non-hydrogen) atoms. The van der Waals surface area contributed by atoms with E-state index in [0.29, 0.717) is 0 Å². The van der Waals surface area contributed by atoms with Gasteiger partial charge in [-0.3, -0.25) is 0 Å². The summed E-state index contributed by atoms with van der Waals surface area (Å²) in [7, 11) is -4.80. The van der Waals surface area contributed by atoms with E-state index in [1.807, 2.05) is 12.1 Å². The lowest BCUT2D eigenvalue weighted by Gasteiger charge is -2.38. The van der Waals surface area contributed by atoms with Crippen LogP contribution in [0.1, 0.15) is 357 Å². The average Bonchev–Trinajstić information content (AvgIpc) is 3.38. The Labute approximate surface area is 462 Å². The van der Waals surface area contributed by atoms with Gasteiger partial charge in [-0.2, -0.15) is 0 Å². The summed E-state index contributed by atoms with van der Waals surface area (Å²) in [6.45, 7) is 14.1. The van der Waals surface area contributed by atoms with E-state index in [2.05, 4.69) is 53.7 Å². The Hall–Kier alpha value is -1.22. The van der Waals surface area contributed by atoms with Crippen LogP contribution in [0.15, 0.2) is 24.3 Å². The van der Waals surface area contributed by atoms with Crippen molar-refractivity contribution in [2.24, 2.45) is 0 Å². The zero-order valence-electron chi connectivity index (χ0n) is 49.8. The highest BCUT2D eigenvalue weighted by molar-refractivity contribution is 7.55. The molecule has 1 aliphatic heterocycles. The Morgan fingerprint density at radius 3 is 1.00 bits per heavy atom. The van der Waals surface area contributed by atoms with Gasteiger partial charge in [-0.25, -0.2) is 4.31 Å². The van der Waals surface area contributed by atoms with Crippen molar-refractivity contribution < 1.29 is 23.1 Å². The first-order chi connectivity index (χ1) is 36.3. The van der Waals surface area contributed by atoms with Crippen molar-refractivity contribution in [1.29, 1.82) is 0 Å². The molecular weight excluding hydrogens is 947 g/mol. The number of hydrogen-bond acceptors (Lipinski definition) is 5. The molecule has 0 fully saturated rings. The largest absolute Gasteiger partial charge is 0.470 e. The maximum Gasteiger partial charge on any atom is 0.470 e. The van der Waals surface area contributed by atoms with Crippen molar-refractivity contribution in [2.75, 3.05) is 0 Å². The Kier molecular flexibility index (Phi) is 40.4. The fourth-order valence-electron chi connectivity index (χ4n) is 12.2. The SMILES string of the molecule is CCCCCCCCCCCCCc1c(CCCCCCCCCCCCC)c(CCCCCCCCCCCCC)c2c(c1CCCCCCCCCCCCC)OP(OP(O)O)Oc1ccccc1C2(C)C. The normalized spacial score (nSPS) is 14.2. The predicted octanol–water partition coefficient (Wildman–Crippen LogP) is 23.7. The lowest BCUT2D eigenvalue weighted by atomic mass is 9.70. The quantitative estimate of drug-likeness (QED) is 0.0510. The molecule has 1 unspecified atom stereocenters. The second-order valence-electron chi connectivity index (χ2n) is 23.6. The summed E-state index contributed by atoms with van der Waals surface area (Å²) in [5.41, 5.74) is 8.13. The molecule has 0 spiro atoms. The van der Waals surface area contributed by atoms with E-state index in [-0.39, 0.29) is 0 Å². The molecule has 7 heteroatoms. The van der Waals surface area contributed by atoms with Crippen molar-refractivity contribution in [2.45, 2.75) is 355 Å². The number of benzene rings is 2. The van der Waals surface area contributed by atoms with Crippen LogP contribution in [0, 0.1) is 0 Å². The first-order valence-electron chi connectivity index (χ1n) is 32.6. The molecule has 2 aromatic carbocycles. The van der Waals surface area contributed by atoms with Gasteiger partial charge in [0.15, 0.2) is 0 Å². The Morgan fingerprint density at radius 2 is 0.662 bits per heavy atom. The van der Waals surface area contributed by atoms with Crippen LogP contribution in [0.4, 0.5) is 0 Å². The highest BCUT2D eigenvalue weighted by Gasteiger charge is 2.40. The van der Waals surface area contributed by atoms with Gasteiger partial charge >= 0.3 is 17.2 Å². The smallest absolute Gasteiger partial charge is 0.417 e. The lowest BCUT2D eigenvalue weighted by molar-refractivity contribution is 0.324. The van der Waals surface area contributed by atoms with Crippen LogP contribution >= 0.6 is 17.2 Å². The Bertz CT molecular complexity index is 1630. The molecule has 0 saturated heterocycles. The standard InChI is InChI=1S/C67H120O5P2/c1-7-11-15-19-23-27-31-35-39-43-47-53-59-60(54-48-44-40-36-32-28-24-20-16-12-8-2)62(56-50-46-42-38-34-30-26-22-18-14-10-4)66-65(61(59)55-49-45-41-37-33-29-25-21-17-13-9-3)67(5,6)63-57-51-52-58-64(63)70-74(71-66)72-73(68)69/h51-52,57-58,68-69H,7-50,53-56H2,1-6H3. The number of rotatable bonds is 50. The third-order valence-corrected chi connectivity index (χ3v) is 18.5. The van der Waals surface area contributed by atoms with Gasteiger partial charge in [-0.15, -0.1) is 0 Å². The molecule has 0 aliphatic carbocycles. The second kappa shape index (κ2) is 44.6. The summed E-state index contributed by atoms with van der Waals surface area (Å²) in [5, 5.41) is 0. The van der Waals surface area contributed by atoms with Gasteiger partial charge in [0.05, 0.1) is 0 Å². The van der Waals surface area contributed by atoms with E-state index in [0.717, 1.165) is 49.2 Å². The van der Waals surface area contributed by atoms with E-state index in [4.69, 9.17) is 13.4 Å². The molecule has 2 N–H and O–H groups in total. The molecule has 0 bridgehead atoms. The van der Waals surface area contributed by atoms with Crippen LogP contribution in [0.2, 0.25) is 0 Å². The minimum atomic E-state index is -2.69. The first-order valence-corrected chi connectivity index (χ1v) is 34.9. The predicted molar refractivity (Wildman–Crippen MR) is 326 cm³/mol. The van der Waals surface area contributed by atoms with Gasteiger partial charge in [0, 0.05) is 16.5 Å². The Morgan fingerprint density at radius 1 is 0.378 bits per heavy atom. The molecule has 0 saturated carbocycles. The van der Waals surface area contributed by atoms with Gasteiger partial charge in [0.2, 0.25) is 0 Å². The minimum Gasteiger partial charge on any atom is -0.417 e. The van der Waals surface area contributed by atoms with Crippen LogP contribution in [0.5, 0.6) is 11.5 Å². The fourth-order valence-corrected chi connectivity index (χ4v) is 13.6. The number of hydrogen-bond donors (Lipinski definition) is 2. The molecule has 1 aliphatic rings. The van der Waals surface area contributed by atoms with E-state index in [1.54, 1.807) is 11.1 Å². The molecular formula is C67H120O5P2. The summed E-state index contributed by atoms with van der Waals surface area (Å²) >= 11 is 0. The molecule has 0 radical (unpaired) electrons. The minimum absolute atomic E-state index is 0.406. The molecule has 2 aromatic rings. The summed E-state index contributed by atoms with van der Waals surface area (Å²) in [6, 6.07) is 8.41. The number of fused-ring (bicyclic) bond motifs is 2. The number of unbranched alkanes of at least 4 members (excludes halogenated alkanes) is 40. The first kappa shape index (κ1) is 67.1. The van der Waals surface area contributed by atoms with Crippen LogP contribution in [0.3, 0.4) is 0 Å². The van der Waals surface area contributed by atoms with Crippen molar-refractivity contribution >= 4 is 17.2 Å². The van der Waals surface area contributed by atoms with Gasteiger partial charge in [0.1, 0.15) is 11.5 Å². The zero-order chi connectivity index (χ0) is 53.2. The third kappa shape index (κ3) is 28.6. The van der Waals surface area contributed by atoms with E-state index >= 15 is 0 Å². The topological polar surface area (TPSA) is 68.2 Å². The van der Waals surface area contributed by atoms with E-state index in [9.17, 15) is 9.79 Å². The molecule has 1 heterocycles. The molecule has 1 atom stereocenters. The fraction of sp³-hybridized carbons (Fsp3) is 0.821. The third-order valence-electron chi connectivity index (χ3n) is 16.7. The Balaban J connectivity index is 2.05. The lowest BCUT2D eigenvalue weighted by Crippen LogP contribution is -2.27. The van der Waals surface area contributed by atoms with Gasteiger partial charge in [0.25, 0.3) is 0 Å². The highest BCUT2D eigenvalue weighted by atomic mass is 31.2. The molecule has 428 valence electrons. The second-order valence-corrected chi connectivity index (χ2v) is 25.6. The molecule has 5 nitrogen and oxygen atoms in total. The van der Waals surface area contributed by atoms with E-state index < -0.39 is 22.6 Å². The molecule has 0 amide bonds. The van der Waals surface area contributed by atoms with Crippen LogP contribution in [-0.2, 0) is 35.4 Å². The monoisotopic (exact) mass is 1070 g/mol. The van der Waals surface area contributed by atoms with Crippen molar-refractivity contribution in [3.63, 3.8) is 0 Å². The maximum absolute atomic E-state index is 10.4. The van der Waals surface area contributed by atoms with Gasteiger partial charge in [-0.05, 0) is 79.7 Å². The summed E-state index contributed by atoms with van der Waals surface area (Å²) < 4.78 is 19.7. The zero-order valence-corrected chi connectivity index (χ0v) is 51.6. The number of para-hydroxylation sites is 1. The average molecular weight is 1070 g/mol. The van der Waals surface area contributed by atoms with Gasteiger partial charge < -0.3 is 18.8 Å². The summed E-state index contributed by atoms with van der Waals surface area (Å²) in [6.07, 6.45) is 63.2. The van der Waals surface area contributed by atoms with Crippen LogP contribution in [0.25, 0.3) is 0 Å². The van der Waals surface area contributed by atoms with Gasteiger partial charge in [-0.1, -0.05) is 317 Å². The van der Waals surface area contributed by atoms with Crippen molar-refractivity contribution in [1.82, 2.24) is 0 Å². The molecule has 3 rings (SSSR count). The summed E-state index contributed by atoms with van der Waals surface area (Å²) in [5.74, 6) is 1.66. The van der Waals surface area contributed by atoms with Crippen molar-refractivity contribution in [3.05, 3.63) is 57.6 Å². The summed E-state index contributed by atoms with van der Waals surface area (Å²) in [4.78, 5) is 20.9. The van der Waals surface area contributed by atoms with Crippen LogP contribution in [-0.4, -0.2) is 9.79 Å². The van der Waals surface area contributed by atoms with E-state index in [1.165, 1.54) is 293 Å². The highest BCUT2D eigenvalue weighted by Crippen LogP contribution is 2.58. The van der Waals surface area contributed by atoms with Crippen LogP contribution < -0.4 is 9.05 Å². The molecule has 0 aromatic heterocycles.